The molecule has 0 saturated carbocycles. The van der Waals surface area contributed by atoms with Gasteiger partial charge in [-0.15, -0.1) is 0 Å². The third kappa shape index (κ3) is 6.76. The van der Waals surface area contributed by atoms with Crippen molar-refractivity contribution in [2.75, 3.05) is 4.90 Å². The summed E-state index contributed by atoms with van der Waals surface area (Å²) in [6, 6.07) is 92.0. The monoisotopic (exact) mass is 854 g/mol. The van der Waals surface area contributed by atoms with E-state index in [0.717, 1.165) is 66.9 Å². The molecule has 13 rings (SSSR count). The predicted molar refractivity (Wildman–Crippen MR) is 282 cm³/mol. The third-order valence-corrected chi connectivity index (χ3v) is 13.4. The molecule has 13 aromatic rings. The van der Waals surface area contributed by atoms with Gasteiger partial charge >= 0.3 is 0 Å². The maximum atomic E-state index is 6.28. The SMILES string of the molecule is c1cc(-c2ccc(N(c3ccc(-c4ccc5c(c4)oc4ccccc45)cc3)c3ccccc3-c3ccc4ccccc4c3)cc2)cc(-c2ccc(-n3c4ccccc4c4ccccc43)cc2)c1. The number of anilines is 3. The van der Waals surface area contributed by atoms with Crippen LogP contribution in [0.5, 0.6) is 0 Å². The van der Waals surface area contributed by atoms with E-state index in [9.17, 15) is 0 Å². The Kier molecular flexibility index (Phi) is 9.17. The van der Waals surface area contributed by atoms with Crippen LogP contribution in [0.25, 0.3) is 105 Å². The number of para-hydroxylation sites is 4. The molecule has 3 nitrogen and oxygen atoms in total. The highest BCUT2D eigenvalue weighted by atomic mass is 16.3. The Hall–Kier alpha value is -8.92. The molecule has 0 radical (unpaired) electrons. The molecule has 0 saturated heterocycles. The molecule has 0 aliphatic rings. The summed E-state index contributed by atoms with van der Waals surface area (Å²) in [5, 5.41) is 7.26. The zero-order chi connectivity index (χ0) is 44.3. The maximum absolute atomic E-state index is 6.28. The van der Waals surface area contributed by atoms with Crippen molar-refractivity contribution in [2.45, 2.75) is 0 Å². The van der Waals surface area contributed by atoms with Gasteiger partial charge in [0.2, 0.25) is 0 Å². The van der Waals surface area contributed by atoms with Crippen LogP contribution in [0.3, 0.4) is 0 Å². The molecule has 0 aliphatic carbocycles. The highest BCUT2D eigenvalue weighted by Gasteiger charge is 2.19. The standard InChI is InChI=1S/C64H42N2O/c1-2-13-47-41-51(25-24-43(47)12-1)55-16-3-7-20-60(55)65(53-35-28-46(29-36-53)50-32-39-59-58-19-6-10-23-63(58)67-64(59)42-50)52-33-26-44(27-34-52)48-14-11-15-49(40-48)45-30-37-54(38-31-45)66-61-21-8-4-17-56(61)57-18-5-9-22-62(57)66/h1-42H. The van der Waals surface area contributed by atoms with Crippen molar-refractivity contribution in [3.05, 3.63) is 255 Å². The highest BCUT2D eigenvalue weighted by Crippen LogP contribution is 2.43. The molecule has 0 bridgehead atoms. The number of aromatic nitrogens is 1. The van der Waals surface area contributed by atoms with E-state index < -0.39 is 0 Å². The quantitative estimate of drug-likeness (QED) is 0.152. The molecule has 0 aliphatic heterocycles. The second kappa shape index (κ2) is 16.0. The van der Waals surface area contributed by atoms with E-state index in [1.165, 1.54) is 54.8 Å². The van der Waals surface area contributed by atoms with Gasteiger partial charge in [0.15, 0.2) is 0 Å². The Morgan fingerprint density at radius 1 is 0.299 bits per heavy atom. The van der Waals surface area contributed by atoms with E-state index in [0.29, 0.717) is 0 Å². The topological polar surface area (TPSA) is 21.3 Å². The molecule has 2 aromatic heterocycles. The lowest BCUT2D eigenvalue weighted by Crippen LogP contribution is -2.11. The molecule has 11 aromatic carbocycles. The summed E-state index contributed by atoms with van der Waals surface area (Å²) in [4.78, 5) is 2.38. The summed E-state index contributed by atoms with van der Waals surface area (Å²) >= 11 is 0. The first-order chi connectivity index (χ1) is 33.2. The van der Waals surface area contributed by atoms with Gasteiger partial charge in [-0.2, -0.15) is 0 Å². The Morgan fingerprint density at radius 2 is 0.806 bits per heavy atom. The Morgan fingerprint density at radius 3 is 1.49 bits per heavy atom. The van der Waals surface area contributed by atoms with Crippen LogP contribution in [0.1, 0.15) is 0 Å². The molecule has 0 N–H and O–H groups in total. The Bertz CT molecular complexity index is 3920. The van der Waals surface area contributed by atoms with Crippen LogP contribution in [0, 0.1) is 0 Å². The van der Waals surface area contributed by atoms with Gasteiger partial charge in [0.05, 0.1) is 16.7 Å². The number of nitrogens with zero attached hydrogens (tertiary/aromatic N) is 2. The van der Waals surface area contributed by atoms with E-state index in [-0.39, 0.29) is 0 Å². The molecule has 0 unspecified atom stereocenters. The average molecular weight is 855 g/mol. The molecule has 314 valence electrons. The van der Waals surface area contributed by atoms with Gasteiger partial charge < -0.3 is 13.9 Å². The van der Waals surface area contributed by atoms with Gasteiger partial charge in [-0.05, 0) is 135 Å². The first kappa shape index (κ1) is 38.5. The summed E-state index contributed by atoms with van der Waals surface area (Å²) in [5.74, 6) is 0. The summed E-state index contributed by atoms with van der Waals surface area (Å²) in [6.07, 6.45) is 0. The second-order valence-electron chi connectivity index (χ2n) is 17.3. The van der Waals surface area contributed by atoms with Gasteiger partial charge in [-0.1, -0.05) is 170 Å². The molecule has 67 heavy (non-hydrogen) atoms. The number of fused-ring (bicyclic) bond motifs is 7. The normalized spacial score (nSPS) is 11.6. The van der Waals surface area contributed by atoms with Gasteiger partial charge in [0, 0.05) is 44.2 Å². The average Bonchev–Trinajstić information content (AvgIpc) is 3.95. The number of hydrogen-bond acceptors (Lipinski definition) is 2. The summed E-state index contributed by atoms with van der Waals surface area (Å²) in [5.41, 5.74) is 17.9. The van der Waals surface area contributed by atoms with Crippen molar-refractivity contribution in [1.29, 1.82) is 0 Å². The van der Waals surface area contributed by atoms with Crippen molar-refractivity contribution in [3.8, 4) is 50.2 Å². The minimum Gasteiger partial charge on any atom is -0.456 e. The minimum atomic E-state index is 0.896. The van der Waals surface area contributed by atoms with Crippen molar-refractivity contribution in [3.63, 3.8) is 0 Å². The van der Waals surface area contributed by atoms with Crippen LogP contribution in [-0.2, 0) is 0 Å². The van der Waals surface area contributed by atoms with Crippen LogP contribution < -0.4 is 4.90 Å². The first-order valence-electron chi connectivity index (χ1n) is 22.9. The van der Waals surface area contributed by atoms with Gasteiger partial charge in [-0.25, -0.2) is 0 Å². The fourth-order valence-electron chi connectivity index (χ4n) is 10.1. The van der Waals surface area contributed by atoms with Crippen LogP contribution in [0.4, 0.5) is 17.1 Å². The van der Waals surface area contributed by atoms with E-state index >= 15 is 0 Å². The van der Waals surface area contributed by atoms with Crippen LogP contribution in [0.2, 0.25) is 0 Å². The van der Waals surface area contributed by atoms with E-state index in [4.69, 9.17) is 4.42 Å². The molecule has 0 spiro atoms. The lowest BCUT2D eigenvalue weighted by molar-refractivity contribution is 0.669. The predicted octanol–water partition coefficient (Wildman–Crippen LogP) is 18.0. The lowest BCUT2D eigenvalue weighted by atomic mass is 9.97. The molecular weight excluding hydrogens is 813 g/mol. The number of furan rings is 1. The Balaban J connectivity index is 0.854. The van der Waals surface area contributed by atoms with E-state index in [1.54, 1.807) is 0 Å². The second-order valence-corrected chi connectivity index (χ2v) is 17.3. The highest BCUT2D eigenvalue weighted by molar-refractivity contribution is 6.09. The summed E-state index contributed by atoms with van der Waals surface area (Å²) in [6.45, 7) is 0. The molecule has 0 atom stereocenters. The van der Waals surface area contributed by atoms with Crippen molar-refractivity contribution >= 4 is 71.6 Å². The fourth-order valence-corrected chi connectivity index (χ4v) is 10.1. The number of benzene rings is 11. The first-order valence-corrected chi connectivity index (χ1v) is 22.9. The number of rotatable bonds is 8. The Labute approximate surface area is 388 Å². The molecule has 0 amide bonds. The van der Waals surface area contributed by atoms with Crippen molar-refractivity contribution < 1.29 is 4.42 Å². The van der Waals surface area contributed by atoms with Crippen LogP contribution >= 0.6 is 0 Å². The zero-order valence-corrected chi connectivity index (χ0v) is 36.6. The lowest BCUT2D eigenvalue weighted by Gasteiger charge is -2.28. The van der Waals surface area contributed by atoms with E-state index in [1.807, 2.05) is 12.1 Å². The summed E-state index contributed by atoms with van der Waals surface area (Å²) < 4.78 is 8.64. The van der Waals surface area contributed by atoms with Crippen molar-refractivity contribution in [1.82, 2.24) is 4.57 Å². The van der Waals surface area contributed by atoms with Gasteiger partial charge in [0.25, 0.3) is 0 Å². The molecule has 2 heterocycles. The molecular formula is C64H42N2O. The van der Waals surface area contributed by atoms with Crippen LogP contribution in [0.15, 0.2) is 259 Å². The van der Waals surface area contributed by atoms with Gasteiger partial charge in [0.1, 0.15) is 11.2 Å². The maximum Gasteiger partial charge on any atom is 0.136 e. The largest absolute Gasteiger partial charge is 0.456 e. The minimum absolute atomic E-state index is 0.896. The smallest absolute Gasteiger partial charge is 0.136 e. The fraction of sp³-hybridized carbons (Fsp3) is 0. The van der Waals surface area contributed by atoms with E-state index in [2.05, 4.69) is 252 Å². The molecule has 0 fully saturated rings. The van der Waals surface area contributed by atoms with Gasteiger partial charge in [-0.3, -0.25) is 0 Å². The van der Waals surface area contributed by atoms with Crippen molar-refractivity contribution in [2.24, 2.45) is 0 Å². The third-order valence-electron chi connectivity index (χ3n) is 13.4. The summed E-state index contributed by atoms with van der Waals surface area (Å²) in [7, 11) is 0. The van der Waals surface area contributed by atoms with Crippen LogP contribution in [-0.4, -0.2) is 4.57 Å². The molecule has 3 heteroatoms. The number of hydrogen-bond donors (Lipinski definition) is 0. The zero-order valence-electron chi connectivity index (χ0n) is 36.6.